The van der Waals surface area contributed by atoms with Gasteiger partial charge in [0, 0.05) is 21.6 Å². The Balaban J connectivity index is 1.41. The number of thiophene rings is 1. The maximum absolute atomic E-state index is 13.4. The SMILES string of the molecule is Cc1ccc(C(C2=C(O)C(=O)C(C(Cc3ccc(C(F)(F)F)cc3)CC3CC3)OC2=O)C2CC2)s1. The maximum atomic E-state index is 13.4. The van der Waals surface area contributed by atoms with Gasteiger partial charge in [0.15, 0.2) is 11.9 Å². The number of carbonyl (C=O) groups is 2. The number of rotatable bonds is 8. The number of hydrogen-bond donors (Lipinski definition) is 1. The van der Waals surface area contributed by atoms with Gasteiger partial charge in [-0.25, -0.2) is 4.79 Å². The Kier molecular flexibility index (Phi) is 6.28. The number of benzene rings is 1. The first-order chi connectivity index (χ1) is 16.6. The molecule has 0 saturated heterocycles. The van der Waals surface area contributed by atoms with Crippen LogP contribution in [0.5, 0.6) is 0 Å². The number of aryl methyl sites for hydroxylation is 1. The van der Waals surface area contributed by atoms with Crippen LogP contribution in [0.15, 0.2) is 47.7 Å². The van der Waals surface area contributed by atoms with Crippen LogP contribution in [0.2, 0.25) is 0 Å². The molecular formula is C27H27F3O4S. The summed E-state index contributed by atoms with van der Waals surface area (Å²) in [5, 5.41) is 11.0. The van der Waals surface area contributed by atoms with E-state index in [1.165, 1.54) is 12.1 Å². The first-order valence-electron chi connectivity index (χ1n) is 12.0. The zero-order chi connectivity index (χ0) is 24.9. The van der Waals surface area contributed by atoms with Crippen LogP contribution < -0.4 is 0 Å². The van der Waals surface area contributed by atoms with Crippen molar-refractivity contribution in [2.75, 3.05) is 0 Å². The molecule has 3 atom stereocenters. The summed E-state index contributed by atoms with van der Waals surface area (Å²) < 4.78 is 44.6. The highest BCUT2D eigenvalue weighted by Gasteiger charge is 2.48. The van der Waals surface area contributed by atoms with Crippen LogP contribution >= 0.6 is 11.3 Å². The Morgan fingerprint density at radius 1 is 1.06 bits per heavy atom. The number of carbonyl (C=O) groups excluding carboxylic acids is 2. The topological polar surface area (TPSA) is 63.6 Å². The maximum Gasteiger partial charge on any atom is 0.416 e. The van der Waals surface area contributed by atoms with Gasteiger partial charge in [-0.1, -0.05) is 25.0 Å². The van der Waals surface area contributed by atoms with Crippen molar-refractivity contribution < 1.29 is 32.6 Å². The molecule has 1 aliphatic heterocycles. The molecule has 4 nitrogen and oxygen atoms in total. The summed E-state index contributed by atoms with van der Waals surface area (Å²) in [4.78, 5) is 28.6. The Hall–Kier alpha value is -2.61. The van der Waals surface area contributed by atoms with Crippen molar-refractivity contribution in [2.45, 2.75) is 63.6 Å². The molecule has 2 heterocycles. The fourth-order valence-electron chi connectivity index (χ4n) is 5.07. The number of ether oxygens (including phenoxy) is 1. The van der Waals surface area contributed by atoms with Crippen molar-refractivity contribution >= 4 is 23.1 Å². The van der Waals surface area contributed by atoms with E-state index < -0.39 is 41.3 Å². The molecule has 0 spiro atoms. The quantitative estimate of drug-likeness (QED) is 0.415. The summed E-state index contributed by atoms with van der Waals surface area (Å²) >= 11 is 1.55. The molecule has 2 aliphatic carbocycles. The van der Waals surface area contributed by atoms with Crippen molar-refractivity contribution in [2.24, 2.45) is 17.8 Å². The molecule has 0 bridgehead atoms. The lowest BCUT2D eigenvalue weighted by atomic mass is 9.82. The average molecular weight is 505 g/mol. The monoisotopic (exact) mass is 504 g/mol. The first kappa shape index (κ1) is 24.1. The molecule has 0 amide bonds. The van der Waals surface area contributed by atoms with E-state index in [0.717, 1.165) is 47.6 Å². The number of ketones is 1. The zero-order valence-electron chi connectivity index (χ0n) is 19.3. The lowest BCUT2D eigenvalue weighted by molar-refractivity contribution is -0.158. The van der Waals surface area contributed by atoms with Gasteiger partial charge in [0.05, 0.1) is 11.1 Å². The number of cyclic esters (lactones) is 1. The second-order valence-corrected chi connectivity index (χ2v) is 11.4. The molecule has 8 heteroatoms. The number of Topliss-reactive ketones (excluding diaryl/α,β-unsaturated/α-hetero) is 1. The van der Waals surface area contributed by atoms with Gasteiger partial charge in [0.25, 0.3) is 0 Å². The van der Waals surface area contributed by atoms with Gasteiger partial charge in [-0.05, 0) is 74.3 Å². The van der Waals surface area contributed by atoms with Crippen LogP contribution in [0, 0.1) is 24.7 Å². The van der Waals surface area contributed by atoms with E-state index in [4.69, 9.17) is 4.74 Å². The van der Waals surface area contributed by atoms with Crippen LogP contribution in [0.25, 0.3) is 0 Å². The average Bonchev–Trinajstić information content (AvgIpc) is 3.73. The summed E-state index contributed by atoms with van der Waals surface area (Å²) in [6.07, 6.45) is -0.810. The number of halogens is 3. The lowest BCUT2D eigenvalue weighted by Crippen LogP contribution is -2.43. The molecule has 35 heavy (non-hydrogen) atoms. The van der Waals surface area contributed by atoms with Gasteiger partial charge in [-0.15, -0.1) is 11.3 Å². The molecule has 2 aromatic rings. The van der Waals surface area contributed by atoms with Crippen LogP contribution in [0.1, 0.15) is 58.9 Å². The predicted molar refractivity (Wildman–Crippen MR) is 125 cm³/mol. The Morgan fingerprint density at radius 3 is 2.29 bits per heavy atom. The normalized spacial score (nSPS) is 22.8. The Labute approximate surface area is 205 Å². The van der Waals surface area contributed by atoms with Crippen molar-refractivity contribution in [3.63, 3.8) is 0 Å². The van der Waals surface area contributed by atoms with E-state index in [-0.39, 0.29) is 23.8 Å². The van der Waals surface area contributed by atoms with Crippen LogP contribution in [0.4, 0.5) is 13.2 Å². The minimum Gasteiger partial charge on any atom is -0.504 e. The molecule has 2 saturated carbocycles. The number of hydrogen-bond acceptors (Lipinski definition) is 5. The van der Waals surface area contributed by atoms with E-state index in [2.05, 4.69) is 0 Å². The Morgan fingerprint density at radius 2 is 1.74 bits per heavy atom. The molecular weight excluding hydrogens is 477 g/mol. The van der Waals surface area contributed by atoms with Crippen LogP contribution in [-0.2, 0) is 26.9 Å². The molecule has 1 aromatic carbocycles. The molecule has 1 aromatic heterocycles. The molecule has 3 aliphatic rings. The van der Waals surface area contributed by atoms with Crippen LogP contribution in [0.3, 0.4) is 0 Å². The number of esters is 1. The third kappa shape index (κ3) is 5.17. The molecule has 3 unspecified atom stereocenters. The number of aliphatic hydroxyl groups excluding tert-OH is 1. The lowest BCUT2D eigenvalue weighted by Gasteiger charge is -2.32. The third-order valence-electron chi connectivity index (χ3n) is 7.21. The minimum atomic E-state index is -4.42. The van der Waals surface area contributed by atoms with Crippen molar-refractivity contribution in [1.29, 1.82) is 0 Å². The van der Waals surface area contributed by atoms with E-state index >= 15 is 0 Å². The molecule has 5 rings (SSSR count). The molecule has 186 valence electrons. The van der Waals surface area contributed by atoms with Gasteiger partial charge < -0.3 is 9.84 Å². The van der Waals surface area contributed by atoms with Crippen molar-refractivity contribution in [1.82, 2.24) is 0 Å². The first-order valence-corrected chi connectivity index (χ1v) is 12.8. The summed E-state index contributed by atoms with van der Waals surface area (Å²) in [5.74, 6) is -1.97. The van der Waals surface area contributed by atoms with E-state index in [1.54, 1.807) is 11.3 Å². The minimum absolute atomic E-state index is 0.0512. The molecule has 2 fully saturated rings. The summed E-state index contributed by atoms with van der Waals surface area (Å²) in [7, 11) is 0. The highest BCUT2D eigenvalue weighted by Crippen LogP contribution is 2.50. The van der Waals surface area contributed by atoms with Gasteiger partial charge in [-0.3, -0.25) is 4.79 Å². The summed E-state index contributed by atoms with van der Waals surface area (Å²) in [5.41, 5.74) is -0.0534. The van der Waals surface area contributed by atoms with Gasteiger partial charge >= 0.3 is 12.1 Å². The predicted octanol–water partition coefficient (Wildman–Crippen LogP) is 6.53. The van der Waals surface area contributed by atoms with E-state index in [0.29, 0.717) is 17.9 Å². The highest BCUT2D eigenvalue weighted by molar-refractivity contribution is 7.12. The molecule has 0 radical (unpaired) electrons. The summed E-state index contributed by atoms with van der Waals surface area (Å²) in [6, 6.07) is 8.76. The molecule has 1 N–H and O–H groups in total. The third-order valence-corrected chi connectivity index (χ3v) is 8.30. The van der Waals surface area contributed by atoms with E-state index in [9.17, 15) is 27.9 Å². The zero-order valence-corrected chi connectivity index (χ0v) is 20.1. The highest BCUT2D eigenvalue weighted by atomic mass is 32.1. The van der Waals surface area contributed by atoms with Crippen molar-refractivity contribution in [3.8, 4) is 0 Å². The second-order valence-electron chi connectivity index (χ2n) is 10.1. The van der Waals surface area contributed by atoms with Crippen LogP contribution in [-0.4, -0.2) is 23.0 Å². The number of aliphatic hydroxyl groups is 1. The fraction of sp³-hybridized carbons (Fsp3) is 0.481. The van der Waals surface area contributed by atoms with E-state index in [1.807, 2.05) is 19.1 Å². The summed E-state index contributed by atoms with van der Waals surface area (Å²) in [6.45, 7) is 1.97. The Bertz CT molecular complexity index is 1160. The van der Waals surface area contributed by atoms with Gasteiger partial charge in [-0.2, -0.15) is 13.2 Å². The second kappa shape index (κ2) is 9.12. The number of alkyl halides is 3. The standard InChI is InChI=1S/C27H27F3O4S/c1-14-2-11-20(35-14)21(17-7-8-17)22-23(31)24(32)25(34-26(22)33)18(12-15-3-4-15)13-16-5-9-19(10-6-16)27(28,29)30/h2,5-6,9-11,15,17-18,21,25,31H,3-4,7-8,12-13H2,1H3. The largest absolute Gasteiger partial charge is 0.504 e. The smallest absolute Gasteiger partial charge is 0.416 e. The van der Waals surface area contributed by atoms with Gasteiger partial charge in [0.2, 0.25) is 5.78 Å². The van der Waals surface area contributed by atoms with Crippen molar-refractivity contribution in [3.05, 3.63) is 68.6 Å². The van der Waals surface area contributed by atoms with Gasteiger partial charge in [0.1, 0.15) is 0 Å². The fourth-order valence-corrected chi connectivity index (χ4v) is 6.15.